The minimum absolute atomic E-state index is 0.0980. The van der Waals surface area contributed by atoms with Crippen molar-refractivity contribution >= 4 is 23.2 Å². The summed E-state index contributed by atoms with van der Waals surface area (Å²) in [5.41, 5.74) is 6.28. The Labute approximate surface area is 139 Å². The number of hydrogen-bond acceptors (Lipinski definition) is 2. The van der Waals surface area contributed by atoms with Gasteiger partial charge < -0.3 is 15.4 Å². The third kappa shape index (κ3) is 2.38. The standard InChI is InChI=1S/C20H16N2O2/c1-12-9-15(23)5-7-16(12)13-4-6-17-18(11-14-3-2-8-21-14)20(24)22-19(17)10-13/h2-11,21,23H,1H3,(H,22,24). The van der Waals surface area contributed by atoms with E-state index in [0.717, 1.165) is 33.6 Å². The number of aromatic amines is 1. The van der Waals surface area contributed by atoms with E-state index >= 15 is 0 Å². The van der Waals surface area contributed by atoms with Gasteiger partial charge in [0.05, 0.1) is 5.57 Å². The number of rotatable bonds is 2. The lowest BCUT2D eigenvalue weighted by Gasteiger charge is -2.08. The van der Waals surface area contributed by atoms with Crippen LogP contribution >= 0.6 is 0 Å². The van der Waals surface area contributed by atoms with Crippen molar-refractivity contribution in [3.05, 3.63) is 71.5 Å². The highest BCUT2D eigenvalue weighted by atomic mass is 16.3. The number of aromatic hydroxyl groups is 1. The van der Waals surface area contributed by atoms with Crippen molar-refractivity contribution in [2.45, 2.75) is 6.92 Å². The number of phenols is 1. The first-order chi connectivity index (χ1) is 11.6. The summed E-state index contributed by atoms with van der Waals surface area (Å²) in [7, 11) is 0. The number of H-pyrrole nitrogens is 1. The summed E-state index contributed by atoms with van der Waals surface area (Å²) in [6.07, 6.45) is 3.68. The van der Waals surface area contributed by atoms with Crippen LogP contribution in [0.3, 0.4) is 0 Å². The van der Waals surface area contributed by atoms with E-state index in [0.29, 0.717) is 5.57 Å². The molecular formula is C20H16N2O2. The van der Waals surface area contributed by atoms with Crippen LogP contribution in [0.25, 0.3) is 22.8 Å². The van der Waals surface area contributed by atoms with Gasteiger partial charge in [0.1, 0.15) is 5.75 Å². The Morgan fingerprint density at radius 1 is 1.04 bits per heavy atom. The van der Waals surface area contributed by atoms with Crippen LogP contribution in [0.5, 0.6) is 5.75 Å². The van der Waals surface area contributed by atoms with Crippen LogP contribution in [-0.2, 0) is 4.79 Å². The maximum atomic E-state index is 12.3. The van der Waals surface area contributed by atoms with Gasteiger partial charge in [-0.25, -0.2) is 0 Å². The average Bonchev–Trinajstić information content (AvgIpc) is 3.16. The zero-order chi connectivity index (χ0) is 16.7. The maximum absolute atomic E-state index is 12.3. The number of hydrogen-bond donors (Lipinski definition) is 3. The Morgan fingerprint density at radius 3 is 2.62 bits per heavy atom. The van der Waals surface area contributed by atoms with Gasteiger partial charge in [0, 0.05) is 23.1 Å². The lowest BCUT2D eigenvalue weighted by molar-refractivity contribution is -0.110. The molecule has 118 valence electrons. The fraction of sp³-hybridized carbons (Fsp3) is 0.0500. The van der Waals surface area contributed by atoms with Gasteiger partial charge in [0.25, 0.3) is 5.91 Å². The highest BCUT2D eigenvalue weighted by molar-refractivity contribution is 6.35. The molecule has 4 heteroatoms. The fourth-order valence-corrected chi connectivity index (χ4v) is 3.07. The maximum Gasteiger partial charge on any atom is 0.256 e. The Kier molecular flexibility index (Phi) is 3.24. The van der Waals surface area contributed by atoms with Crippen LogP contribution in [0.2, 0.25) is 0 Å². The van der Waals surface area contributed by atoms with E-state index in [-0.39, 0.29) is 11.7 Å². The molecule has 1 aliphatic rings. The predicted molar refractivity (Wildman–Crippen MR) is 95.6 cm³/mol. The number of aromatic nitrogens is 1. The monoisotopic (exact) mass is 316 g/mol. The van der Waals surface area contributed by atoms with Crippen molar-refractivity contribution in [3.8, 4) is 16.9 Å². The van der Waals surface area contributed by atoms with Gasteiger partial charge in [-0.3, -0.25) is 4.79 Å². The third-order valence-electron chi connectivity index (χ3n) is 4.25. The molecule has 0 fully saturated rings. The van der Waals surface area contributed by atoms with Crippen molar-refractivity contribution in [2.24, 2.45) is 0 Å². The molecule has 0 atom stereocenters. The highest BCUT2D eigenvalue weighted by Gasteiger charge is 2.24. The van der Waals surface area contributed by atoms with Gasteiger partial charge in [0.15, 0.2) is 0 Å². The number of phenolic OH excluding ortho intramolecular Hbond substituents is 1. The molecule has 1 aliphatic heterocycles. The van der Waals surface area contributed by atoms with Crippen LogP contribution in [0.1, 0.15) is 16.8 Å². The number of benzene rings is 2. The van der Waals surface area contributed by atoms with Crippen LogP contribution in [0, 0.1) is 6.92 Å². The van der Waals surface area contributed by atoms with Gasteiger partial charge in [-0.1, -0.05) is 18.2 Å². The van der Waals surface area contributed by atoms with Crippen molar-refractivity contribution in [1.82, 2.24) is 4.98 Å². The Morgan fingerprint density at radius 2 is 1.88 bits per heavy atom. The Balaban J connectivity index is 1.78. The molecule has 4 nitrogen and oxygen atoms in total. The molecule has 4 rings (SSSR count). The van der Waals surface area contributed by atoms with Gasteiger partial charge in [-0.2, -0.15) is 0 Å². The smallest absolute Gasteiger partial charge is 0.256 e. The second-order valence-electron chi connectivity index (χ2n) is 5.90. The Bertz CT molecular complexity index is 969. The van der Waals surface area contributed by atoms with Gasteiger partial charge in [-0.15, -0.1) is 0 Å². The first-order valence-corrected chi connectivity index (χ1v) is 7.73. The van der Waals surface area contributed by atoms with E-state index in [4.69, 9.17) is 0 Å². The molecule has 24 heavy (non-hydrogen) atoms. The number of amides is 1. The molecule has 1 amide bonds. The summed E-state index contributed by atoms with van der Waals surface area (Å²) in [6, 6.07) is 15.1. The first-order valence-electron chi connectivity index (χ1n) is 7.73. The van der Waals surface area contributed by atoms with Crippen molar-refractivity contribution in [2.75, 3.05) is 5.32 Å². The predicted octanol–water partition coefficient (Wildman–Crippen LogP) is 4.19. The molecule has 2 aromatic carbocycles. The van der Waals surface area contributed by atoms with E-state index < -0.39 is 0 Å². The minimum Gasteiger partial charge on any atom is -0.508 e. The summed E-state index contributed by atoms with van der Waals surface area (Å²) in [5, 5.41) is 12.5. The molecule has 0 radical (unpaired) electrons. The molecular weight excluding hydrogens is 300 g/mol. The summed E-state index contributed by atoms with van der Waals surface area (Å²) < 4.78 is 0. The number of fused-ring (bicyclic) bond motifs is 1. The summed E-state index contributed by atoms with van der Waals surface area (Å²) in [6.45, 7) is 1.96. The number of carbonyl (C=O) groups excluding carboxylic acids is 1. The molecule has 3 N–H and O–H groups in total. The Hall–Kier alpha value is -3.27. The van der Waals surface area contributed by atoms with Crippen molar-refractivity contribution < 1.29 is 9.90 Å². The molecule has 0 aliphatic carbocycles. The fourth-order valence-electron chi connectivity index (χ4n) is 3.07. The second kappa shape index (κ2) is 5.42. The largest absolute Gasteiger partial charge is 0.508 e. The van der Waals surface area contributed by atoms with Crippen molar-refractivity contribution in [1.29, 1.82) is 0 Å². The summed E-state index contributed by atoms with van der Waals surface area (Å²) >= 11 is 0. The normalized spacial score (nSPS) is 14.7. The number of nitrogens with one attached hydrogen (secondary N) is 2. The molecule has 0 saturated heterocycles. The van der Waals surface area contributed by atoms with E-state index in [2.05, 4.69) is 10.3 Å². The van der Waals surface area contributed by atoms with E-state index in [1.165, 1.54) is 0 Å². The average molecular weight is 316 g/mol. The first kappa shape index (κ1) is 14.3. The van der Waals surface area contributed by atoms with Gasteiger partial charge >= 0.3 is 0 Å². The number of aryl methyl sites for hydroxylation is 1. The number of carbonyl (C=O) groups is 1. The van der Waals surface area contributed by atoms with Crippen LogP contribution in [0.4, 0.5) is 5.69 Å². The van der Waals surface area contributed by atoms with Crippen LogP contribution < -0.4 is 5.32 Å². The molecule has 0 unspecified atom stereocenters. The molecule has 0 bridgehead atoms. The minimum atomic E-state index is -0.0980. The highest BCUT2D eigenvalue weighted by Crippen LogP contribution is 2.37. The zero-order valence-corrected chi connectivity index (χ0v) is 13.1. The summed E-state index contributed by atoms with van der Waals surface area (Å²) in [5.74, 6) is 0.154. The number of anilines is 1. The molecule has 0 spiro atoms. The zero-order valence-electron chi connectivity index (χ0n) is 13.1. The second-order valence-corrected chi connectivity index (χ2v) is 5.90. The van der Waals surface area contributed by atoms with E-state index in [9.17, 15) is 9.90 Å². The lowest BCUT2D eigenvalue weighted by Crippen LogP contribution is -2.03. The van der Waals surface area contributed by atoms with Crippen molar-refractivity contribution in [3.63, 3.8) is 0 Å². The third-order valence-corrected chi connectivity index (χ3v) is 4.25. The molecule has 2 heterocycles. The van der Waals surface area contributed by atoms with Gasteiger partial charge in [-0.05, 0) is 60.0 Å². The van der Waals surface area contributed by atoms with Crippen LogP contribution in [-0.4, -0.2) is 16.0 Å². The van der Waals surface area contributed by atoms with Crippen LogP contribution in [0.15, 0.2) is 54.7 Å². The summed E-state index contributed by atoms with van der Waals surface area (Å²) in [4.78, 5) is 15.4. The molecule has 1 aromatic heterocycles. The van der Waals surface area contributed by atoms with Gasteiger partial charge in [0.2, 0.25) is 0 Å². The SMILES string of the molecule is Cc1cc(O)ccc1-c1ccc2c(c1)NC(=O)C2=Cc1ccc[nH]1. The quantitative estimate of drug-likeness (QED) is 0.621. The van der Waals surface area contributed by atoms with E-state index in [1.54, 1.807) is 12.1 Å². The van der Waals surface area contributed by atoms with E-state index in [1.807, 2.05) is 55.6 Å². The lowest BCUT2D eigenvalue weighted by atomic mass is 9.97. The molecule has 3 aromatic rings. The topological polar surface area (TPSA) is 65.1 Å². The molecule has 0 saturated carbocycles.